The van der Waals surface area contributed by atoms with Crippen molar-refractivity contribution >= 4 is 17.5 Å². The number of benzene rings is 1. The number of aromatic nitrogens is 1. The minimum absolute atomic E-state index is 0.0509. The highest BCUT2D eigenvalue weighted by molar-refractivity contribution is 5.98. The second-order valence-corrected chi connectivity index (χ2v) is 7.80. The van der Waals surface area contributed by atoms with E-state index in [4.69, 9.17) is 4.74 Å². The molecule has 1 N–H and O–H groups in total. The number of nitriles is 1. The molecule has 4 rings (SSSR count). The van der Waals surface area contributed by atoms with Gasteiger partial charge in [0, 0.05) is 42.5 Å². The largest absolute Gasteiger partial charge is 0.439 e. The van der Waals surface area contributed by atoms with Crippen LogP contribution in [0.1, 0.15) is 25.7 Å². The Bertz CT molecular complexity index is 1080. The van der Waals surface area contributed by atoms with Crippen molar-refractivity contribution in [2.75, 3.05) is 18.4 Å². The van der Waals surface area contributed by atoms with Gasteiger partial charge in [-0.05, 0) is 56.0 Å². The predicted molar refractivity (Wildman–Crippen MR) is 120 cm³/mol. The van der Waals surface area contributed by atoms with E-state index in [1.165, 1.54) is 0 Å². The van der Waals surface area contributed by atoms with Gasteiger partial charge in [0.25, 0.3) is 5.91 Å². The third-order valence-corrected chi connectivity index (χ3v) is 5.67. The first-order valence-corrected chi connectivity index (χ1v) is 10.7. The Hall–Kier alpha value is -3.92. The summed E-state index contributed by atoms with van der Waals surface area (Å²) in [6.45, 7) is 1.01. The fraction of sp³-hybridized carbons (Fsp3) is 0.280. The Labute approximate surface area is 187 Å². The Morgan fingerprint density at radius 1 is 1.12 bits per heavy atom. The molecule has 1 aliphatic heterocycles. The molecule has 7 heteroatoms. The van der Waals surface area contributed by atoms with Gasteiger partial charge in [0.15, 0.2) is 0 Å². The predicted octanol–water partition coefficient (Wildman–Crippen LogP) is 4.22. The summed E-state index contributed by atoms with van der Waals surface area (Å²) in [5, 5.41) is 12.2. The van der Waals surface area contributed by atoms with E-state index in [1.807, 2.05) is 18.2 Å². The second-order valence-electron chi connectivity index (χ2n) is 7.80. The first-order chi connectivity index (χ1) is 15.6. The SMILES string of the molecule is N#CC1=C(C(=O)N2CCC(C(=O)Nc3ccc(Oc4ccccn4)cc3)CC2)C=CCC1. The second kappa shape index (κ2) is 9.92. The lowest BCUT2D eigenvalue weighted by molar-refractivity contribution is -0.130. The number of carbonyl (C=O) groups excluding carboxylic acids is 2. The van der Waals surface area contributed by atoms with Gasteiger partial charge >= 0.3 is 0 Å². The van der Waals surface area contributed by atoms with Crippen LogP contribution in [0.5, 0.6) is 11.6 Å². The quantitative estimate of drug-likeness (QED) is 0.769. The normalized spacial score (nSPS) is 16.4. The van der Waals surface area contributed by atoms with E-state index in [2.05, 4.69) is 16.4 Å². The fourth-order valence-electron chi connectivity index (χ4n) is 3.87. The van der Waals surface area contributed by atoms with Crippen LogP contribution in [0.4, 0.5) is 5.69 Å². The van der Waals surface area contributed by atoms with Crippen LogP contribution in [-0.2, 0) is 9.59 Å². The molecule has 0 unspecified atom stereocenters. The van der Waals surface area contributed by atoms with Gasteiger partial charge in [0.05, 0.1) is 11.6 Å². The monoisotopic (exact) mass is 428 g/mol. The van der Waals surface area contributed by atoms with Crippen LogP contribution in [0.3, 0.4) is 0 Å². The van der Waals surface area contributed by atoms with Crippen LogP contribution in [0.2, 0.25) is 0 Å². The van der Waals surface area contributed by atoms with Gasteiger partial charge < -0.3 is 15.0 Å². The van der Waals surface area contributed by atoms with Crippen LogP contribution in [0.15, 0.2) is 72.0 Å². The van der Waals surface area contributed by atoms with Gasteiger partial charge in [-0.2, -0.15) is 5.26 Å². The molecule has 7 nitrogen and oxygen atoms in total. The Balaban J connectivity index is 1.29. The van der Waals surface area contributed by atoms with Gasteiger partial charge in [-0.15, -0.1) is 0 Å². The number of allylic oxidation sites excluding steroid dienone is 2. The van der Waals surface area contributed by atoms with Crippen molar-refractivity contribution in [2.45, 2.75) is 25.7 Å². The van der Waals surface area contributed by atoms with Crippen molar-refractivity contribution in [2.24, 2.45) is 5.92 Å². The number of nitrogens with one attached hydrogen (secondary N) is 1. The van der Waals surface area contributed by atoms with E-state index in [9.17, 15) is 14.9 Å². The lowest BCUT2D eigenvalue weighted by atomic mass is 9.93. The number of nitrogens with zero attached hydrogens (tertiary/aromatic N) is 3. The summed E-state index contributed by atoms with van der Waals surface area (Å²) >= 11 is 0. The fourth-order valence-corrected chi connectivity index (χ4v) is 3.87. The Morgan fingerprint density at radius 3 is 2.59 bits per heavy atom. The van der Waals surface area contributed by atoms with Crippen LogP contribution in [0, 0.1) is 17.2 Å². The zero-order valence-corrected chi connectivity index (χ0v) is 17.7. The molecule has 0 atom stereocenters. The van der Waals surface area contributed by atoms with E-state index in [1.54, 1.807) is 47.5 Å². The van der Waals surface area contributed by atoms with Crippen LogP contribution in [0.25, 0.3) is 0 Å². The summed E-state index contributed by atoms with van der Waals surface area (Å²) in [4.78, 5) is 31.4. The van der Waals surface area contributed by atoms with E-state index in [-0.39, 0.29) is 17.7 Å². The molecule has 0 radical (unpaired) electrons. The molecule has 162 valence electrons. The molecule has 2 aromatic rings. The van der Waals surface area contributed by atoms with E-state index in [0.29, 0.717) is 60.8 Å². The van der Waals surface area contributed by atoms with Gasteiger partial charge in [0.2, 0.25) is 11.8 Å². The maximum atomic E-state index is 12.8. The summed E-state index contributed by atoms with van der Waals surface area (Å²) in [6, 6.07) is 14.7. The highest BCUT2D eigenvalue weighted by Gasteiger charge is 2.29. The molecule has 2 heterocycles. The topological polar surface area (TPSA) is 95.3 Å². The molecule has 0 saturated carbocycles. The number of rotatable bonds is 5. The molecule has 1 aliphatic carbocycles. The first kappa shape index (κ1) is 21.3. The zero-order chi connectivity index (χ0) is 22.3. The summed E-state index contributed by atoms with van der Waals surface area (Å²) in [5.74, 6) is 0.822. The highest BCUT2D eigenvalue weighted by atomic mass is 16.5. The molecule has 1 saturated heterocycles. The van der Waals surface area contributed by atoms with Crippen molar-refractivity contribution in [1.29, 1.82) is 5.26 Å². The van der Waals surface area contributed by atoms with E-state index < -0.39 is 0 Å². The maximum Gasteiger partial charge on any atom is 0.254 e. The van der Waals surface area contributed by atoms with Crippen molar-refractivity contribution in [3.63, 3.8) is 0 Å². The Kier molecular flexibility index (Phi) is 6.61. The van der Waals surface area contributed by atoms with Gasteiger partial charge in [-0.25, -0.2) is 4.98 Å². The van der Waals surface area contributed by atoms with Crippen molar-refractivity contribution in [1.82, 2.24) is 9.88 Å². The van der Waals surface area contributed by atoms with Gasteiger partial charge in [-0.1, -0.05) is 18.2 Å². The van der Waals surface area contributed by atoms with Crippen LogP contribution >= 0.6 is 0 Å². The number of ether oxygens (including phenoxy) is 1. The smallest absolute Gasteiger partial charge is 0.254 e. The summed E-state index contributed by atoms with van der Waals surface area (Å²) in [6.07, 6.45) is 7.94. The first-order valence-electron chi connectivity index (χ1n) is 10.7. The molecular weight excluding hydrogens is 404 g/mol. The average Bonchev–Trinajstić information content (AvgIpc) is 2.85. The number of hydrogen-bond acceptors (Lipinski definition) is 5. The summed E-state index contributed by atoms with van der Waals surface area (Å²) in [7, 11) is 0. The molecule has 2 amide bonds. The minimum atomic E-state index is -0.158. The highest BCUT2D eigenvalue weighted by Crippen LogP contribution is 2.26. The van der Waals surface area contributed by atoms with Crippen LogP contribution in [-0.4, -0.2) is 34.8 Å². The number of pyridine rings is 1. The average molecular weight is 428 g/mol. The van der Waals surface area contributed by atoms with Crippen LogP contribution < -0.4 is 10.1 Å². The Morgan fingerprint density at radius 2 is 1.91 bits per heavy atom. The van der Waals surface area contributed by atoms with Gasteiger partial charge in [-0.3, -0.25) is 9.59 Å². The number of amides is 2. The van der Waals surface area contributed by atoms with E-state index >= 15 is 0 Å². The lowest BCUT2D eigenvalue weighted by Gasteiger charge is -2.32. The molecule has 1 aromatic heterocycles. The third kappa shape index (κ3) is 5.03. The number of hydrogen-bond donors (Lipinski definition) is 1. The zero-order valence-electron chi connectivity index (χ0n) is 17.7. The number of carbonyl (C=O) groups is 2. The third-order valence-electron chi connectivity index (χ3n) is 5.67. The lowest BCUT2D eigenvalue weighted by Crippen LogP contribution is -2.42. The molecule has 0 bridgehead atoms. The molecule has 1 aromatic carbocycles. The standard InChI is InChI=1S/C25H24N4O3/c26-17-19-5-1-2-6-22(19)25(31)29-15-12-18(13-16-29)24(30)28-20-8-10-21(11-9-20)32-23-7-3-4-14-27-23/h2-4,6-11,14,18H,1,5,12-13,15-16H2,(H,28,30). The number of piperidine rings is 1. The molecule has 1 fully saturated rings. The number of anilines is 1. The van der Waals surface area contributed by atoms with Crippen molar-refractivity contribution in [3.05, 3.63) is 72.0 Å². The molecule has 2 aliphatic rings. The van der Waals surface area contributed by atoms with Crippen molar-refractivity contribution < 1.29 is 14.3 Å². The number of likely N-dealkylation sites (tertiary alicyclic amines) is 1. The van der Waals surface area contributed by atoms with Crippen molar-refractivity contribution in [3.8, 4) is 17.7 Å². The van der Waals surface area contributed by atoms with E-state index in [0.717, 1.165) is 6.42 Å². The summed E-state index contributed by atoms with van der Waals surface area (Å²) in [5.41, 5.74) is 1.74. The minimum Gasteiger partial charge on any atom is -0.439 e. The maximum absolute atomic E-state index is 12.8. The molecule has 0 spiro atoms. The summed E-state index contributed by atoms with van der Waals surface area (Å²) < 4.78 is 5.66. The molecular formula is C25H24N4O3. The van der Waals surface area contributed by atoms with Gasteiger partial charge in [0.1, 0.15) is 5.75 Å². The molecule has 32 heavy (non-hydrogen) atoms.